The standard InChI is InChI=1S/C24H31FO5/c1-14(2)17-9-21(15(3)4)24(22(10-17)16-5-7-18(25)8-6-16)30-13-20(27)11-19(26)12-23(28)29/h5-10,14-15,19-20,26-27H,11-13H2,1-4H3,(H,28,29)/t19-,20+/m1/s1. The normalized spacial score (nSPS) is 13.5. The van der Waals surface area contributed by atoms with Crippen molar-refractivity contribution in [3.63, 3.8) is 0 Å². The summed E-state index contributed by atoms with van der Waals surface area (Å²) in [5, 5.41) is 28.7. The van der Waals surface area contributed by atoms with E-state index in [1.54, 1.807) is 12.1 Å². The van der Waals surface area contributed by atoms with Crippen LogP contribution in [0.4, 0.5) is 4.39 Å². The average molecular weight is 419 g/mol. The minimum absolute atomic E-state index is 0.0916. The van der Waals surface area contributed by atoms with Gasteiger partial charge in [-0.25, -0.2) is 4.39 Å². The van der Waals surface area contributed by atoms with Crippen LogP contribution in [0.2, 0.25) is 0 Å². The van der Waals surface area contributed by atoms with Gasteiger partial charge in [-0.05, 0) is 46.7 Å². The maximum absolute atomic E-state index is 13.5. The molecular weight excluding hydrogens is 387 g/mol. The van der Waals surface area contributed by atoms with Crippen molar-refractivity contribution in [3.8, 4) is 16.9 Å². The molecular formula is C24H31FO5. The number of aliphatic hydroxyl groups is 2. The first kappa shape index (κ1) is 23.8. The van der Waals surface area contributed by atoms with Gasteiger partial charge in [-0.1, -0.05) is 45.9 Å². The van der Waals surface area contributed by atoms with Gasteiger partial charge < -0.3 is 20.1 Å². The van der Waals surface area contributed by atoms with E-state index in [-0.39, 0.29) is 30.7 Å². The first-order valence-corrected chi connectivity index (χ1v) is 10.2. The maximum Gasteiger partial charge on any atom is 0.305 e. The third-order valence-corrected chi connectivity index (χ3v) is 4.96. The third-order valence-electron chi connectivity index (χ3n) is 4.96. The molecule has 6 heteroatoms. The maximum atomic E-state index is 13.5. The van der Waals surface area contributed by atoms with Crippen molar-refractivity contribution >= 4 is 5.97 Å². The van der Waals surface area contributed by atoms with Crippen LogP contribution in [0.3, 0.4) is 0 Å². The van der Waals surface area contributed by atoms with Crippen molar-refractivity contribution in [1.29, 1.82) is 0 Å². The number of aliphatic carboxylic acids is 1. The third kappa shape index (κ3) is 6.54. The van der Waals surface area contributed by atoms with E-state index in [4.69, 9.17) is 9.84 Å². The highest BCUT2D eigenvalue weighted by Gasteiger charge is 2.20. The number of carbonyl (C=O) groups is 1. The molecule has 0 saturated carbocycles. The molecule has 0 aromatic heterocycles. The minimum Gasteiger partial charge on any atom is -0.490 e. The van der Waals surface area contributed by atoms with E-state index in [0.29, 0.717) is 5.75 Å². The Kier molecular flexibility index (Phi) is 8.38. The van der Waals surface area contributed by atoms with Crippen LogP contribution < -0.4 is 4.74 Å². The number of hydrogen-bond donors (Lipinski definition) is 3. The Morgan fingerprint density at radius 2 is 1.63 bits per heavy atom. The molecule has 0 fully saturated rings. The predicted octanol–water partition coefficient (Wildman–Crippen LogP) is 4.70. The predicted molar refractivity (Wildman–Crippen MR) is 114 cm³/mol. The van der Waals surface area contributed by atoms with E-state index in [9.17, 15) is 19.4 Å². The van der Waals surface area contributed by atoms with Gasteiger partial charge in [-0.3, -0.25) is 4.79 Å². The summed E-state index contributed by atoms with van der Waals surface area (Å²) in [4.78, 5) is 10.7. The molecule has 30 heavy (non-hydrogen) atoms. The SMILES string of the molecule is CC(C)c1cc(-c2ccc(F)cc2)c(OC[C@@H](O)C[C@@H](O)CC(=O)O)c(C(C)C)c1. The second-order valence-electron chi connectivity index (χ2n) is 8.26. The molecule has 0 heterocycles. The monoisotopic (exact) mass is 418 g/mol. The molecule has 0 radical (unpaired) electrons. The fraction of sp³-hybridized carbons (Fsp3) is 0.458. The molecule has 164 valence electrons. The molecule has 0 spiro atoms. The average Bonchev–Trinajstić information content (AvgIpc) is 2.65. The Morgan fingerprint density at radius 1 is 1.00 bits per heavy atom. The molecule has 0 unspecified atom stereocenters. The van der Waals surface area contributed by atoms with Crippen LogP contribution >= 0.6 is 0 Å². The molecule has 3 N–H and O–H groups in total. The minimum atomic E-state index is -1.15. The number of ether oxygens (including phenoxy) is 1. The van der Waals surface area contributed by atoms with Gasteiger partial charge in [0.2, 0.25) is 0 Å². The second kappa shape index (κ2) is 10.5. The summed E-state index contributed by atoms with van der Waals surface area (Å²) >= 11 is 0. The van der Waals surface area contributed by atoms with Crippen LogP contribution in [-0.4, -0.2) is 40.1 Å². The summed E-state index contributed by atoms with van der Waals surface area (Å²) in [7, 11) is 0. The quantitative estimate of drug-likeness (QED) is 0.520. The Hall–Kier alpha value is -2.44. The van der Waals surface area contributed by atoms with Gasteiger partial charge in [-0.2, -0.15) is 0 Å². The lowest BCUT2D eigenvalue weighted by Gasteiger charge is -2.23. The van der Waals surface area contributed by atoms with Crippen molar-refractivity contribution < 1.29 is 29.2 Å². The van der Waals surface area contributed by atoms with Crippen molar-refractivity contribution in [2.24, 2.45) is 0 Å². The van der Waals surface area contributed by atoms with Gasteiger partial charge in [0.1, 0.15) is 18.2 Å². The molecule has 2 atom stereocenters. The molecule has 0 amide bonds. The summed E-state index contributed by atoms with van der Waals surface area (Å²) in [6, 6.07) is 10.3. The fourth-order valence-corrected chi connectivity index (χ4v) is 3.29. The zero-order chi connectivity index (χ0) is 22.4. The number of halogens is 1. The van der Waals surface area contributed by atoms with Gasteiger partial charge in [0.15, 0.2) is 0 Å². The number of hydrogen-bond acceptors (Lipinski definition) is 4. The summed E-state index contributed by atoms with van der Waals surface area (Å²) in [6.07, 6.45) is -2.70. The summed E-state index contributed by atoms with van der Waals surface area (Å²) in [5.74, 6) is -0.415. The van der Waals surface area contributed by atoms with Crippen molar-refractivity contribution in [3.05, 3.63) is 53.3 Å². The summed E-state index contributed by atoms with van der Waals surface area (Å²) < 4.78 is 19.5. The Bertz CT molecular complexity index is 845. The topological polar surface area (TPSA) is 87.0 Å². The van der Waals surface area contributed by atoms with Crippen LogP contribution in [0.25, 0.3) is 11.1 Å². The van der Waals surface area contributed by atoms with Crippen LogP contribution in [0, 0.1) is 5.82 Å². The van der Waals surface area contributed by atoms with Crippen molar-refractivity contribution in [1.82, 2.24) is 0 Å². The zero-order valence-electron chi connectivity index (χ0n) is 17.9. The van der Waals surface area contributed by atoms with Crippen molar-refractivity contribution in [2.75, 3.05) is 6.61 Å². The molecule has 2 rings (SSSR count). The number of benzene rings is 2. The van der Waals surface area contributed by atoms with E-state index in [2.05, 4.69) is 19.9 Å². The number of carboxylic acids is 1. The number of carboxylic acid groups (broad SMARTS) is 1. The molecule has 0 aliphatic heterocycles. The Labute approximate surface area is 177 Å². The largest absolute Gasteiger partial charge is 0.490 e. The smallest absolute Gasteiger partial charge is 0.305 e. The van der Waals surface area contributed by atoms with Crippen molar-refractivity contribution in [2.45, 2.75) is 64.6 Å². The van der Waals surface area contributed by atoms with Gasteiger partial charge in [0, 0.05) is 12.0 Å². The van der Waals surface area contributed by atoms with Crippen LogP contribution in [0.5, 0.6) is 5.75 Å². The lowest BCUT2D eigenvalue weighted by atomic mass is 9.89. The van der Waals surface area contributed by atoms with E-state index >= 15 is 0 Å². The molecule has 0 bridgehead atoms. The lowest BCUT2D eigenvalue weighted by Crippen LogP contribution is -2.26. The highest BCUT2D eigenvalue weighted by molar-refractivity contribution is 5.74. The molecule has 0 aliphatic carbocycles. The van der Waals surface area contributed by atoms with Gasteiger partial charge in [-0.15, -0.1) is 0 Å². The molecule has 0 aliphatic rings. The Morgan fingerprint density at radius 3 is 2.17 bits per heavy atom. The highest BCUT2D eigenvalue weighted by Crippen LogP contribution is 2.40. The Balaban J connectivity index is 2.38. The van der Waals surface area contributed by atoms with Gasteiger partial charge in [0.05, 0.1) is 18.6 Å². The van der Waals surface area contributed by atoms with E-state index in [1.165, 1.54) is 12.1 Å². The second-order valence-corrected chi connectivity index (χ2v) is 8.26. The first-order chi connectivity index (χ1) is 14.1. The number of aliphatic hydroxyl groups excluding tert-OH is 2. The van der Waals surface area contributed by atoms with Crippen LogP contribution in [0.15, 0.2) is 36.4 Å². The highest BCUT2D eigenvalue weighted by atomic mass is 19.1. The molecule has 2 aromatic rings. The van der Waals surface area contributed by atoms with E-state index in [1.807, 2.05) is 19.9 Å². The lowest BCUT2D eigenvalue weighted by molar-refractivity contribution is -0.139. The fourth-order valence-electron chi connectivity index (χ4n) is 3.29. The molecule has 5 nitrogen and oxygen atoms in total. The summed E-state index contributed by atoms with van der Waals surface area (Å²) in [6.45, 7) is 8.21. The molecule has 0 saturated heterocycles. The zero-order valence-corrected chi connectivity index (χ0v) is 17.9. The molecule has 2 aromatic carbocycles. The van der Waals surface area contributed by atoms with Gasteiger partial charge in [0.25, 0.3) is 0 Å². The van der Waals surface area contributed by atoms with Crippen LogP contribution in [0.1, 0.15) is 63.5 Å². The number of rotatable bonds is 10. The van der Waals surface area contributed by atoms with Crippen LogP contribution in [-0.2, 0) is 4.79 Å². The van der Waals surface area contributed by atoms with E-state index in [0.717, 1.165) is 22.3 Å². The van der Waals surface area contributed by atoms with E-state index < -0.39 is 24.6 Å². The van der Waals surface area contributed by atoms with Gasteiger partial charge >= 0.3 is 5.97 Å². The first-order valence-electron chi connectivity index (χ1n) is 10.2. The summed E-state index contributed by atoms with van der Waals surface area (Å²) in [5.41, 5.74) is 3.71.